The molecule has 0 atom stereocenters. The van der Waals surface area contributed by atoms with Gasteiger partial charge in [0.1, 0.15) is 10.6 Å². The first-order valence-corrected chi connectivity index (χ1v) is 12.6. The first-order chi connectivity index (χ1) is 17.5. The third kappa shape index (κ3) is 5.19. The molecule has 4 aromatic rings. The minimum Gasteiger partial charge on any atom is -0.497 e. The van der Waals surface area contributed by atoms with Gasteiger partial charge in [-0.25, -0.2) is 0 Å². The van der Waals surface area contributed by atoms with Crippen LogP contribution in [0.5, 0.6) is 5.75 Å². The van der Waals surface area contributed by atoms with Crippen LogP contribution in [0, 0.1) is 0 Å². The number of aromatic amines is 1. The summed E-state index contributed by atoms with van der Waals surface area (Å²) in [4.78, 5) is 31.5. The summed E-state index contributed by atoms with van der Waals surface area (Å²) >= 11 is 1.30. The maximum atomic E-state index is 12.9. The highest BCUT2D eigenvalue weighted by Gasteiger charge is 2.18. The van der Waals surface area contributed by atoms with Crippen LogP contribution in [-0.4, -0.2) is 67.2 Å². The van der Waals surface area contributed by atoms with Crippen molar-refractivity contribution in [3.63, 3.8) is 0 Å². The third-order valence-corrected chi connectivity index (χ3v) is 7.36. The molecular formula is C26H28N6O3S. The Labute approximate surface area is 213 Å². The summed E-state index contributed by atoms with van der Waals surface area (Å²) in [6.45, 7) is 4.41. The van der Waals surface area contributed by atoms with Crippen molar-refractivity contribution < 1.29 is 14.3 Å². The summed E-state index contributed by atoms with van der Waals surface area (Å²) in [6.07, 6.45) is 0. The van der Waals surface area contributed by atoms with Crippen molar-refractivity contribution >= 4 is 44.9 Å². The molecule has 36 heavy (non-hydrogen) atoms. The Balaban J connectivity index is 1.21. The number of likely N-dealkylation sites (N-methyl/N-ethyl adjacent to an activating group) is 1. The monoisotopic (exact) mass is 504 g/mol. The predicted octanol–water partition coefficient (Wildman–Crippen LogP) is 3.57. The maximum Gasteiger partial charge on any atom is 0.261 e. The molecule has 0 aliphatic carbocycles. The minimum atomic E-state index is -0.245. The van der Waals surface area contributed by atoms with Crippen LogP contribution in [0.1, 0.15) is 25.6 Å². The number of hydrogen-bond donors (Lipinski definition) is 3. The van der Waals surface area contributed by atoms with Crippen LogP contribution in [0.15, 0.2) is 54.6 Å². The highest BCUT2D eigenvalue weighted by molar-refractivity contribution is 7.20. The SMILES string of the molecule is COc1ccc(CNC(=O)c2cc3c(NC(=O)c4ccc(N5CCN(C)CC5)cc4)n[nH]c3s2)cc1. The number of ether oxygens (including phenoxy) is 1. The Hall–Kier alpha value is -3.89. The van der Waals surface area contributed by atoms with Crippen LogP contribution in [0.4, 0.5) is 11.5 Å². The number of H-pyrrole nitrogens is 1. The van der Waals surface area contributed by atoms with Crippen LogP contribution < -0.4 is 20.3 Å². The van der Waals surface area contributed by atoms with Crippen molar-refractivity contribution in [1.82, 2.24) is 20.4 Å². The fraction of sp³-hybridized carbons (Fsp3) is 0.269. The van der Waals surface area contributed by atoms with Crippen molar-refractivity contribution in [3.05, 3.63) is 70.6 Å². The van der Waals surface area contributed by atoms with Gasteiger partial charge in [-0.1, -0.05) is 12.1 Å². The number of benzene rings is 2. The zero-order valence-electron chi connectivity index (χ0n) is 20.2. The van der Waals surface area contributed by atoms with E-state index in [-0.39, 0.29) is 11.8 Å². The lowest BCUT2D eigenvalue weighted by Gasteiger charge is -2.34. The molecule has 9 nitrogen and oxygen atoms in total. The molecule has 1 saturated heterocycles. The van der Waals surface area contributed by atoms with Gasteiger partial charge in [0.05, 0.1) is 17.4 Å². The number of amides is 2. The quantitative estimate of drug-likeness (QED) is 0.356. The van der Waals surface area contributed by atoms with Gasteiger partial charge in [-0.05, 0) is 55.1 Å². The molecule has 1 aliphatic heterocycles. The van der Waals surface area contributed by atoms with Gasteiger partial charge < -0.3 is 25.2 Å². The molecule has 0 radical (unpaired) electrons. The van der Waals surface area contributed by atoms with Crippen molar-refractivity contribution in [2.45, 2.75) is 6.54 Å². The van der Waals surface area contributed by atoms with Crippen LogP contribution in [-0.2, 0) is 6.54 Å². The average molecular weight is 505 g/mol. The topological polar surface area (TPSA) is 103 Å². The molecule has 0 spiro atoms. The van der Waals surface area contributed by atoms with Gasteiger partial charge in [-0.15, -0.1) is 11.3 Å². The number of piperazine rings is 1. The van der Waals surface area contributed by atoms with Crippen molar-refractivity contribution in [3.8, 4) is 5.75 Å². The summed E-state index contributed by atoms with van der Waals surface area (Å²) in [6, 6.07) is 16.9. The van der Waals surface area contributed by atoms with E-state index in [0.29, 0.717) is 28.2 Å². The Morgan fingerprint density at radius 3 is 2.44 bits per heavy atom. The molecule has 2 aromatic heterocycles. The number of nitrogens with zero attached hydrogens (tertiary/aromatic N) is 3. The molecule has 0 saturated carbocycles. The molecule has 2 aromatic carbocycles. The number of carbonyl (C=O) groups is 2. The number of methoxy groups -OCH3 is 1. The fourth-order valence-corrected chi connectivity index (χ4v) is 5.02. The lowest BCUT2D eigenvalue weighted by atomic mass is 10.1. The van der Waals surface area contributed by atoms with E-state index in [4.69, 9.17) is 4.74 Å². The lowest BCUT2D eigenvalue weighted by Crippen LogP contribution is -2.44. The number of carbonyl (C=O) groups excluding carboxylic acids is 2. The summed E-state index contributed by atoms with van der Waals surface area (Å²) in [5.74, 6) is 0.747. The summed E-state index contributed by atoms with van der Waals surface area (Å²) < 4.78 is 5.16. The van der Waals surface area contributed by atoms with E-state index in [1.165, 1.54) is 11.3 Å². The molecule has 2 amide bonds. The standard InChI is InChI=1S/C26H28N6O3S/c1-31-11-13-32(14-12-31)19-7-5-18(6-8-19)24(33)28-23-21-15-22(36-26(21)30-29-23)25(34)27-16-17-3-9-20(35-2)10-4-17/h3-10,15H,11-14,16H2,1-2H3,(H,27,34)(H2,28,29,30,33). The fourth-order valence-electron chi connectivity index (χ4n) is 4.10. The summed E-state index contributed by atoms with van der Waals surface area (Å²) in [5.41, 5.74) is 2.64. The molecule has 0 bridgehead atoms. The number of rotatable bonds is 7. The van der Waals surface area contributed by atoms with Crippen molar-refractivity contribution in [2.24, 2.45) is 0 Å². The van der Waals surface area contributed by atoms with E-state index in [0.717, 1.165) is 48.0 Å². The number of nitrogens with one attached hydrogen (secondary N) is 3. The van der Waals surface area contributed by atoms with Gasteiger partial charge in [0.2, 0.25) is 0 Å². The smallest absolute Gasteiger partial charge is 0.261 e. The van der Waals surface area contributed by atoms with Crippen molar-refractivity contribution in [2.75, 3.05) is 50.6 Å². The Morgan fingerprint density at radius 2 is 1.75 bits per heavy atom. The lowest BCUT2D eigenvalue weighted by molar-refractivity contribution is 0.0954. The first kappa shape index (κ1) is 23.8. The largest absolute Gasteiger partial charge is 0.497 e. The van der Waals surface area contributed by atoms with E-state index in [9.17, 15) is 9.59 Å². The van der Waals surface area contributed by atoms with Gasteiger partial charge in [0.25, 0.3) is 11.8 Å². The Kier molecular flexibility index (Phi) is 6.88. The highest BCUT2D eigenvalue weighted by atomic mass is 32.1. The van der Waals surface area contributed by atoms with Gasteiger partial charge in [-0.3, -0.25) is 14.7 Å². The van der Waals surface area contributed by atoms with Gasteiger partial charge >= 0.3 is 0 Å². The maximum absolute atomic E-state index is 12.9. The number of anilines is 2. The summed E-state index contributed by atoms with van der Waals surface area (Å²) in [5, 5.41) is 13.6. The molecule has 3 heterocycles. The molecule has 5 rings (SSSR count). The van der Waals surface area contributed by atoms with Crippen LogP contribution in [0.25, 0.3) is 10.2 Å². The molecule has 0 unspecified atom stereocenters. The highest BCUT2D eigenvalue weighted by Crippen LogP contribution is 2.29. The van der Waals surface area contributed by atoms with E-state index < -0.39 is 0 Å². The van der Waals surface area contributed by atoms with Gasteiger partial charge in [0.15, 0.2) is 5.82 Å². The number of aromatic nitrogens is 2. The second-order valence-corrected chi connectivity index (χ2v) is 9.80. The number of thiophene rings is 1. The number of hydrogen-bond acceptors (Lipinski definition) is 7. The Morgan fingerprint density at radius 1 is 1.03 bits per heavy atom. The molecule has 186 valence electrons. The molecule has 10 heteroatoms. The van der Waals surface area contributed by atoms with Crippen molar-refractivity contribution in [1.29, 1.82) is 0 Å². The summed E-state index contributed by atoms with van der Waals surface area (Å²) in [7, 11) is 3.74. The van der Waals surface area contributed by atoms with Crippen LogP contribution >= 0.6 is 11.3 Å². The molecule has 1 fully saturated rings. The van der Waals surface area contributed by atoms with E-state index in [1.54, 1.807) is 13.2 Å². The molecule has 1 aliphatic rings. The van der Waals surface area contributed by atoms with E-state index >= 15 is 0 Å². The Bertz CT molecular complexity index is 1350. The normalized spacial score (nSPS) is 14.1. The molecule has 3 N–H and O–H groups in total. The van der Waals surface area contributed by atoms with Crippen LogP contribution in [0.2, 0.25) is 0 Å². The number of fused-ring (bicyclic) bond motifs is 1. The van der Waals surface area contributed by atoms with Gasteiger partial charge in [0, 0.05) is 44.0 Å². The second-order valence-electron chi connectivity index (χ2n) is 8.75. The first-order valence-electron chi connectivity index (χ1n) is 11.7. The van der Waals surface area contributed by atoms with Crippen LogP contribution in [0.3, 0.4) is 0 Å². The van der Waals surface area contributed by atoms with E-state index in [2.05, 4.69) is 37.7 Å². The second kappa shape index (κ2) is 10.4. The minimum absolute atomic E-state index is 0.183. The average Bonchev–Trinajstić information content (AvgIpc) is 3.50. The van der Waals surface area contributed by atoms with E-state index in [1.807, 2.05) is 48.5 Å². The molecular weight excluding hydrogens is 476 g/mol. The third-order valence-electron chi connectivity index (χ3n) is 6.32. The van der Waals surface area contributed by atoms with Gasteiger partial charge in [-0.2, -0.15) is 5.10 Å². The zero-order valence-corrected chi connectivity index (χ0v) is 21.0. The zero-order chi connectivity index (χ0) is 25.1. The predicted molar refractivity (Wildman–Crippen MR) is 142 cm³/mol.